The summed E-state index contributed by atoms with van der Waals surface area (Å²) in [5.74, 6) is 3.88. The van der Waals surface area contributed by atoms with E-state index in [9.17, 15) is 10.2 Å². The molecule has 0 spiro atoms. The molecule has 0 saturated heterocycles. The predicted molar refractivity (Wildman–Crippen MR) is 118 cm³/mol. The molecule has 29 heavy (non-hydrogen) atoms. The first kappa shape index (κ1) is 22.1. The lowest BCUT2D eigenvalue weighted by Gasteiger charge is -2.62. The number of rotatable bonds is 4. The highest BCUT2D eigenvalue weighted by Gasteiger charge is 2.61. The highest BCUT2D eigenvalue weighted by Crippen LogP contribution is 2.68. The molecule has 4 saturated carbocycles. The van der Waals surface area contributed by atoms with Gasteiger partial charge in [0.15, 0.2) is 0 Å². The summed E-state index contributed by atoms with van der Waals surface area (Å²) < 4.78 is 6.19. The molecule has 0 aromatic heterocycles. The van der Waals surface area contributed by atoms with Crippen molar-refractivity contribution in [2.24, 2.45) is 40.4 Å². The standard InChI is InChI=1S/C26H46O3/c1-17(29-16-23(2,3)27)20-9-10-21-19-8-7-18-15-24(4,28)13-14-25(18,5)22(19)11-12-26(20,21)6/h17-22,27-28H,7-16H2,1-6H3. The summed E-state index contributed by atoms with van der Waals surface area (Å²) in [5.41, 5.74) is -0.358. The van der Waals surface area contributed by atoms with E-state index in [0.717, 1.165) is 30.6 Å². The van der Waals surface area contributed by atoms with Crippen LogP contribution in [-0.4, -0.2) is 34.1 Å². The van der Waals surface area contributed by atoms with Crippen molar-refractivity contribution in [2.45, 2.75) is 117 Å². The van der Waals surface area contributed by atoms with Crippen LogP contribution in [-0.2, 0) is 4.74 Å². The first-order valence-electron chi connectivity index (χ1n) is 12.4. The first-order valence-corrected chi connectivity index (χ1v) is 12.4. The van der Waals surface area contributed by atoms with Crippen LogP contribution in [0.5, 0.6) is 0 Å². The highest BCUT2D eigenvalue weighted by molar-refractivity contribution is 5.10. The molecule has 0 heterocycles. The minimum atomic E-state index is -0.750. The van der Waals surface area contributed by atoms with E-state index in [2.05, 4.69) is 27.7 Å². The van der Waals surface area contributed by atoms with Gasteiger partial charge in [0.05, 0.1) is 23.9 Å². The Morgan fingerprint density at radius 1 is 0.931 bits per heavy atom. The van der Waals surface area contributed by atoms with Crippen molar-refractivity contribution in [1.29, 1.82) is 0 Å². The molecule has 9 unspecified atom stereocenters. The third kappa shape index (κ3) is 3.82. The molecule has 0 aromatic carbocycles. The molecule has 4 aliphatic carbocycles. The van der Waals surface area contributed by atoms with Gasteiger partial charge < -0.3 is 14.9 Å². The van der Waals surface area contributed by atoms with Crippen LogP contribution in [0.25, 0.3) is 0 Å². The van der Waals surface area contributed by atoms with Gasteiger partial charge >= 0.3 is 0 Å². The predicted octanol–water partition coefficient (Wildman–Crippen LogP) is 5.57. The number of hydrogen-bond acceptors (Lipinski definition) is 3. The maximum Gasteiger partial charge on any atom is 0.0824 e. The van der Waals surface area contributed by atoms with E-state index < -0.39 is 11.2 Å². The van der Waals surface area contributed by atoms with Crippen LogP contribution in [0.1, 0.15) is 99.3 Å². The van der Waals surface area contributed by atoms with Crippen molar-refractivity contribution in [3.63, 3.8) is 0 Å². The maximum absolute atomic E-state index is 10.7. The maximum atomic E-state index is 10.7. The van der Waals surface area contributed by atoms with E-state index in [1.54, 1.807) is 0 Å². The zero-order valence-electron chi connectivity index (χ0n) is 19.8. The average molecular weight is 407 g/mol. The molecule has 0 aromatic rings. The van der Waals surface area contributed by atoms with E-state index in [0.29, 0.717) is 29.3 Å². The minimum absolute atomic E-state index is 0.227. The molecule has 0 bridgehead atoms. The van der Waals surface area contributed by atoms with E-state index in [4.69, 9.17) is 4.74 Å². The third-order valence-corrected chi connectivity index (χ3v) is 10.3. The Balaban J connectivity index is 1.49. The zero-order chi connectivity index (χ0) is 21.2. The van der Waals surface area contributed by atoms with Crippen LogP contribution in [0.2, 0.25) is 0 Å². The molecule has 4 aliphatic rings. The fourth-order valence-corrected chi connectivity index (χ4v) is 8.69. The lowest BCUT2D eigenvalue weighted by molar-refractivity contribution is -0.154. The van der Waals surface area contributed by atoms with Crippen molar-refractivity contribution < 1.29 is 14.9 Å². The average Bonchev–Trinajstić information content (AvgIpc) is 2.97. The van der Waals surface area contributed by atoms with E-state index in [1.807, 2.05) is 13.8 Å². The largest absolute Gasteiger partial charge is 0.390 e. The SMILES string of the molecule is CC(OCC(C)(C)O)C1CCC2C3CCC4CC(C)(O)CCC4(C)C3CCC12C. The third-order valence-electron chi connectivity index (χ3n) is 10.3. The molecule has 168 valence electrons. The summed E-state index contributed by atoms with van der Waals surface area (Å²) in [5, 5.41) is 20.8. The van der Waals surface area contributed by atoms with Gasteiger partial charge in [0.2, 0.25) is 0 Å². The molecular weight excluding hydrogens is 360 g/mol. The molecule has 4 rings (SSSR count). The normalized spacial score (nSPS) is 51.1. The van der Waals surface area contributed by atoms with Gasteiger partial charge in [0, 0.05) is 0 Å². The van der Waals surface area contributed by atoms with Crippen molar-refractivity contribution in [3.05, 3.63) is 0 Å². The van der Waals surface area contributed by atoms with Crippen LogP contribution in [0.15, 0.2) is 0 Å². The van der Waals surface area contributed by atoms with Gasteiger partial charge in [-0.1, -0.05) is 13.8 Å². The van der Waals surface area contributed by atoms with Crippen molar-refractivity contribution in [3.8, 4) is 0 Å². The molecular formula is C26H46O3. The van der Waals surface area contributed by atoms with E-state index in [-0.39, 0.29) is 6.10 Å². The topological polar surface area (TPSA) is 49.7 Å². The Labute approximate surface area is 179 Å². The van der Waals surface area contributed by atoms with Gasteiger partial charge in [0.1, 0.15) is 0 Å². The second-order valence-electron chi connectivity index (χ2n) is 12.9. The summed E-state index contributed by atoms with van der Waals surface area (Å²) in [6.45, 7) is 13.6. The zero-order valence-corrected chi connectivity index (χ0v) is 19.8. The molecule has 3 heteroatoms. The fourth-order valence-electron chi connectivity index (χ4n) is 8.69. The summed E-state index contributed by atoms with van der Waals surface area (Å²) in [4.78, 5) is 0. The lowest BCUT2D eigenvalue weighted by Crippen LogP contribution is -2.55. The molecule has 4 fully saturated rings. The fraction of sp³-hybridized carbons (Fsp3) is 1.00. The van der Waals surface area contributed by atoms with Gasteiger partial charge in [-0.3, -0.25) is 0 Å². The van der Waals surface area contributed by atoms with Crippen LogP contribution in [0, 0.1) is 40.4 Å². The number of hydrogen-bond donors (Lipinski definition) is 2. The summed E-state index contributed by atoms with van der Waals surface area (Å²) in [6, 6.07) is 0. The molecule has 3 nitrogen and oxygen atoms in total. The van der Waals surface area contributed by atoms with Crippen LogP contribution < -0.4 is 0 Å². The second-order valence-corrected chi connectivity index (χ2v) is 12.9. The Hall–Kier alpha value is -0.120. The van der Waals surface area contributed by atoms with Gasteiger partial charge in [0.25, 0.3) is 0 Å². The molecule has 0 amide bonds. The van der Waals surface area contributed by atoms with Gasteiger partial charge in [-0.25, -0.2) is 0 Å². The van der Waals surface area contributed by atoms with E-state index in [1.165, 1.54) is 44.9 Å². The minimum Gasteiger partial charge on any atom is -0.390 e. The molecule has 2 N–H and O–H groups in total. The molecule has 9 atom stereocenters. The Morgan fingerprint density at radius 3 is 2.31 bits per heavy atom. The highest BCUT2D eigenvalue weighted by atomic mass is 16.5. The summed E-state index contributed by atoms with van der Waals surface area (Å²) >= 11 is 0. The number of aliphatic hydroxyl groups is 2. The Kier molecular flexibility index (Phi) is 5.49. The second kappa shape index (κ2) is 7.20. The number of fused-ring (bicyclic) bond motifs is 5. The summed E-state index contributed by atoms with van der Waals surface area (Å²) in [6.07, 6.45) is 11.5. The lowest BCUT2D eigenvalue weighted by atomic mass is 9.44. The van der Waals surface area contributed by atoms with Gasteiger partial charge in [-0.15, -0.1) is 0 Å². The smallest absolute Gasteiger partial charge is 0.0824 e. The van der Waals surface area contributed by atoms with E-state index >= 15 is 0 Å². The van der Waals surface area contributed by atoms with Crippen LogP contribution >= 0.6 is 0 Å². The monoisotopic (exact) mass is 406 g/mol. The van der Waals surface area contributed by atoms with Crippen LogP contribution in [0.3, 0.4) is 0 Å². The van der Waals surface area contributed by atoms with Crippen molar-refractivity contribution in [1.82, 2.24) is 0 Å². The molecule has 0 aliphatic heterocycles. The van der Waals surface area contributed by atoms with Crippen molar-refractivity contribution >= 4 is 0 Å². The number of ether oxygens (including phenoxy) is 1. The quantitative estimate of drug-likeness (QED) is 0.641. The van der Waals surface area contributed by atoms with Crippen molar-refractivity contribution in [2.75, 3.05) is 6.61 Å². The van der Waals surface area contributed by atoms with Gasteiger partial charge in [-0.2, -0.15) is 0 Å². The summed E-state index contributed by atoms with van der Waals surface area (Å²) in [7, 11) is 0. The van der Waals surface area contributed by atoms with Crippen LogP contribution in [0.4, 0.5) is 0 Å². The Morgan fingerprint density at radius 2 is 1.62 bits per heavy atom. The Bertz CT molecular complexity index is 608. The molecule has 0 radical (unpaired) electrons. The van der Waals surface area contributed by atoms with Gasteiger partial charge in [-0.05, 0) is 126 Å². The first-order chi connectivity index (χ1) is 13.4.